The number of nitrogens with zero attached hydrogens (tertiary/aromatic N) is 3. The molecule has 0 aliphatic carbocycles. The lowest BCUT2D eigenvalue weighted by Gasteiger charge is -2.34. The highest BCUT2D eigenvalue weighted by molar-refractivity contribution is 8.05. The monoisotopic (exact) mass is 474 g/mol. The summed E-state index contributed by atoms with van der Waals surface area (Å²) in [5.74, 6) is 1.25. The van der Waals surface area contributed by atoms with Gasteiger partial charge in [-0.2, -0.15) is 0 Å². The van der Waals surface area contributed by atoms with E-state index in [1.165, 1.54) is 15.9 Å². The fraction of sp³-hybridized carbons (Fsp3) is 0.391. The Bertz CT molecular complexity index is 1190. The maximum absolute atomic E-state index is 14.9. The first-order chi connectivity index (χ1) is 15.1. The zero-order valence-electron chi connectivity index (χ0n) is 18.8. The van der Waals surface area contributed by atoms with Gasteiger partial charge in [-0.05, 0) is 49.3 Å². The minimum Gasteiger partial charge on any atom is -0.436 e. The molecule has 6 nitrogen and oxygen atoms in total. The van der Waals surface area contributed by atoms with Crippen molar-refractivity contribution in [2.75, 3.05) is 12.8 Å². The second kappa shape index (κ2) is 8.51. The molecule has 2 N–H and O–H groups in total. The summed E-state index contributed by atoms with van der Waals surface area (Å²) in [7, 11) is 0.210. The molecular weight excluding hydrogens is 447 g/mol. The molecule has 0 saturated heterocycles. The summed E-state index contributed by atoms with van der Waals surface area (Å²) in [5.41, 5.74) is 9.10. The molecule has 1 aromatic heterocycles. The van der Waals surface area contributed by atoms with Crippen LogP contribution in [0.1, 0.15) is 44.7 Å². The molecule has 2 aliphatic heterocycles. The fourth-order valence-corrected chi connectivity index (χ4v) is 5.95. The highest BCUT2D eigenvalue weighted by atomic mass is 32.2. The number of aliphatic imine (C=N–C) groups is 1. The van der Waals surface area contributed by atoms with E-state index in [1.807, 2.05) is 6.92 Å². The largest absolute Gasteiger partial charge is 0.436 e. The summed E-state index contributed by atoms with van der Waals surface area (Å²) in [6.45, 7) is 8.04. The second-order valence-corrected chi connectivity index (χ2v) is 10.6. The molecule has 2 aliphatic rings. The third kappa shape index (κ3) is 3.92. The lowest BCUT2D eigenvalue weighted by molar-refractivity contribution is 0.482. The molecule has 3 heterocycles. The topological polar surface area (TPSA) is 84.7 Å². The van der Waals surface area contributed by atoms with Crippen molar-refractivity contribution >= 4 is 34.3 Å². The van der Waals surface area contributed by atoms with Gasteiger partial charge in [-0.3, -0.25) is 4.31 Å². The summed E-state index contributed by atoms with van der Waals surface area (Å²) < 4.78 is 35.0. The number of aryl methyl sites for hydroxylation is 1. The lowest BCUT2D eigenvalue weighted by atomic mass is 9.92. The first kappa shape index (κ1) is 22.8. The van der Waals surface area contributed by atoms with Gasteiger partial charge in [-0.15, -0.1) is 11.8 Å². The highest BCUT2D eigenvalue weighted by Gasteiger charge is 2.38. The number of halogens is 1. The summed E-state index contributed by atoms with van der Waals surface area (Å²) >= 11 is 1.64. The maximum atomic E-state index is 14.9. The van der Waals surface area contributed by atoms with Gasteiger partial charge in [0.15, 0.2) is 5.76 Å². The van der Waals surface area contributed by atoms with Gasteiger partial charge in [0, 0.05) is 29.7 Å². The van der Waals surface area contributed by atoms with E-state index in [9.17, 15) is 8.60 Å². The Balaban J connectivity index is 1.78. The van der Waals surface area contributed by atoms with Crippen molar-refractivity contribution in [1.29, 1.82) is 0 Å². The van der Waals surface area contributed by atoms with Crippen LogP contribution in [0, 0.1) is 11.7 Å². The van der Waals surface area contributed by atoms with Crippen molar-refractivity contribution in [2.24, 2.45) is 16.6 Å². The van der Waals surface area contributed by atoms with E-state index in [2.05, 4.69) is 29.7 Å². The number of aromatic nitrogens is 1. The third-order valence-electron chi connectivity index (χ3n) is 6.08. The molecule has 3 atom stereocenters. The van der Waals surface area contributed by atoms with E-state index >= 15 is 0 Å². The third-order valence-corrected chi connectivity index (χ3v) is 8.59. The van der Waals surface area contributed by atoms with Gasteiger partial charge in [0.25, 0.3) is 0 Å². The minimum atomic E-state index is -1.40. The van der Waals surface area contributed by atoms with Crippen molar-refractivity contribution < 1.29 is 13.0 Å². The van der Waals surface area contributed by atoms with Gasteiger partial charge >= 0.3 is 0 Å². The van der Waals surface area contributed by atoms with Crippen molar-refractivity contribution in [1.82, 2.24) is 9.29 Å². The Morgan fingerprint density at radius 2 is 2.16 bits per heavy atom. The standard InChI is InChI=1S/C23H27FN4O2S2/c1-6-19-20(16-11-31-10-13(2)14(16)3)30-21(26-19)15-7-8-18(24)17(9-15)23(4)12-32(29)28(5)22(25)27-23/h7-11,14H,6,12H2,1-5H3,(H2,25,27). The van der Waals surface area contributed by atoms with Crippen LogP contribution in [0.4, 0.5) is 4.39 Å². The van der Waals surface area contributed by atoms with Crippen LogP contribution in [-0.4, -0.2) is 32.3 Å². The molecule has 0 amide bonds. The molecule has 0 bridgehead atoms. The predicted molar refractivity (Wildman–Crippen MR) is 130 cm³/mol. The van der Waals surface area contributed by atoms with Crippen molar-refractivity contribution in [3.8, 4) is 11.5 Å². The number of benzene rings is 1. The molecule has 1 aromatic carbocycles. The van der Waals surface area contributed by atoms with Crippen LogP contribution in [0.5, 0.6) is 0 Å². The summed E-state index contributed by atoms with van der Waals surface area (Å²) in [5, 5.41) is 4.24. The number of oxazole rings is 1. The van der Waals surface area contributed by atoms with Crippen molar-refractivity contribution in [3.63, 3.8) is 0 Å². The molecule has 9 heteroatoms. The van der Waals surface area contributed by atoms with E-state index in [4.69, 9.17) is 15.1 Å². The maximum Gasteiger partial charge on any atom is 0.226 e. The smallest absolute Gasteiger partial charge is 0.226 e. The SMILES string of the molecule is CCc1nc(-c2ccc(F)c(C3(C)CS(=O)N(C)C(N)=N3)c2)oc1C1=CSC=C(C)C1C. The number of guanidine groups is 1. The number of rotatable bonds is 4. The van der Waals surface area contributed by atoms with E-state index in [-0.39, 0.29) is 17.6 Å². The summed E-state index contributed by atoms with van der Waals surface area (Å²) in [6.07, 6.45) is 0.717. The zero-order valence-corrected chi connectivity index (χ0v) is 20.4. The Morgan fingerprint density at radius 3 is 2.84 bits per heavy atom. The normalized spacial score (nSPS) is 25.9. The number of hydrogen-bond donors (Lipinski definition) is 1. The van der Waals surface area contributed by atoms with Gasteiger partial charge in [0.2, 0.25) is 11.9 Å². The quantitative estimate of drug-likeness (QED) is 0.687. The Labute approximate surface area is 194 Å². The number of allylic oxidation sites excluding steroid dienone is 2. The first-order valence-corrected chi connectivity index (χ1v) is 12.7. The number of hydrogen-bond acceptors (Lipinski definition) is 6. The summed E-state index contributed by atoms with van der Waals surface area (Å²) in [6, 6.07) is 4.71. The molecule has 170 valence electrons. The molecule has 2 aromatic rings. The molecule has 3 unspecified atom stereocenters. The van der Waals surface area contributed by atoms with E-state index in [0.717, 1.165) is 17.0 Å². The Morgan fingerprint density at radius 1 is 1.41 bits per heavy atom. The molecular formula is C23H27FN4O2S2. The van der Waals surface area contributed by atoms with Crippen LogP contribution >= 0.6 is 11.8 Å². The Kier molecular flexibility index (Phi) is 6.06. The molecule has 0 saturated carbocycles. The fourth-order valence-electron chi connectivity index (χ4n) is 3.86. The van der Waals surface area contributed by atoms with Crippen molar-refractivity contribution in [3.05, 3.63) is 57.4 Å². The van der Waals surface area contributed by atoms with Crippen LogP contribution in [0.3, 0.4) is 0 Å². The Hall–Kier alpha value is -2.39. The molecule has 32 heavy (non-hydrogen) atoms. The minimum absolute atomic E-state index is 0.118. The van der Waals surface area contributed by atoms with Crippen LogP contribution in [0.2, 0.25) is 0 Å². The average molecular weight is 475 g/mol. The van der Waals surface area contributed by atoms with E-state index < -0.39 is 22.3 Å². The predicted octanol–water partition coefficient (Wildman–Crippen LogP) is 4.81. The second-order valence-electron chi connectivity index (χ2n) is 8.34. The molecule has 0 radical (unpaired) electrons. The molecule has 0 fully saturated rings. The van der Waals surface area contributed by atoms with Crippen LogP contribution in [0.15, 0.2) is 44.0 Å². The first-order valence-electron chi connectivity index (χ1n) is 10.4. The average Bonchev–Trinajstić information content (AvgIpc) is 3.18. The van der Waals surface area contributed by atoms with Crippen LogP contribution in [-0.2, 0) is 22.9 Å². The lowest BCUT2D eigenvalue weighted by Crippen LogP contribution is -2.47. The van der Waals surface area contributed by atoms with Crippen molar-refractivity contribution in [2.45, 2.75) is 39.7 Å². The summed E-state index contributed by atoms with van der Waals surface area (Å²) in [4.78, 5) is 9.19. The zero-order chi connectivity index (χ0) is 23.2. The van der Waals surface area contributed by atoms with Crippen LogP contribution in [0.25, 0.3) is 17.0 Å². The van der Waals surface area contributed by atoms with E-state index in [0.29, 0.717) is 23.4 Å². The number of nitrogens with two attached hydrogens (primary N) is 1. The van der Waals surface area contributed by atoms with Gasteiger partial charge in [-0.1, -0.05) is 19.4 Å². The molecule has 0 spiro atoms. The van der Waals surface area contributed by atoms with Gasteiger partial charge in [0.05, 0.1) is 11.4 Å². The number of thioether (sulfide) groups is 1. The van der Waals surface area contributed by atoms with E-state index in [1.54, 1.807) is 37.9 Å². The van der Waals surface area contributed by atoms with Gasteiger partial charge < -0.3 is 10.2 Å². The van der Waals surface area contributed by atoms with Crippen LogP contribution < -0.4 is 5.73 Å². The van der Waals surface area contributed by atoms with Gasteiger partial charge in [-0.25, -0.2) is 18.6 Å². The highest BCUT2D eigenvalue weighted by Crippen LogP contribution is 2.40. The van der Waals surface area contributed by atoms with Gasteiger partial charge in [0.1, 0.15) is 22.3 Å². The molecule has 4 rings (SSSR count).